The van der Waals surface area contributed by atoms with Gasteiger partial charge in [-0.15, -0.1) is 0 Å². The minimum Gasteiger partial charge on any atom is -0.491 e. The second-order valence-electron chi connectivity index (χ2n) is 7.40. The van der Waals surface area contributed by atoms with Gasteiger partial charge in [0.25, 0.3) is 0 Å². The highest BCUT2D eigenvalue weighted by molar-refractivity contribution is 6.31. The molecule has 1 saturated heterocycles. The third-order valence-corrected chi connectivity index (χ3v) is 5.88. The molecule has 10 heteroatoms. The molecule has 2 aromatic carbocycles. The first-order chi connectivity index (χ1) is 15.2. The van der Waals surface area contributed by atoms with Crippen LogP contribution in [0, 0.1) is 11.6 Å². The molecule has 0 amide bonds. The maximum absolute atomic E-state index is 14.6. The molecule has 32 heavy (non-hydrogen) atoms. The highest BCUT2D eigenvalue weighted by Crippen LogP contribution is 2.40. The van der Waals surface area contributed by atoms with Crippen LogP contribution in [0.5, 0.6) is 5.75 Å². The monoisotopic (exact) mass is 474 g/mol. The average molecular weight is 475 g/mol. The summed E-state index contributed by atoms with van der Waals surface area (Å²) in [6.07, 6.45) is -6.31. The van der Waals surface area contributed by atoms with Gasteiger partial charge < -0.3 is 34.6 Å². The van der Waals surface area contributed by atoms with Gasteiger partial charge in [0.2, 0.25) is 11.6 Å². The van der Waals surface area contributed by atoms with Gasteiger partial charge in [0.15, 0.2) is 11.6 Å². The van der Waals surface area contributed by atoms with Crippen LogP contribution in [0.2, 0.25) is 5.02 Å². The van der Waals surface area contributed by atoms with E-state index in [1.54, 1.807) is 6.92 Å². The minimum atomic E-state index is -1.95. The molecule has 0 aliphatic carbocycles. The SMILES string of the molecule is CCOc1ccc(Cc2cc(C3(OC)OC(CO)C(O)C(O)C3O)ccc2Cl)c(F)c1F. The van der Waals surface area contributed by atoms with Crippen LogP contribution in [0.1, 0.15) is 23.6 Å². The summed E-state index contributed by atoms with van der Waals surface area (Å²) in [4.78, 5) is 0. The summed E-state index contributed by atoms with van der Waals surface area (Å²) in [5, 5.41) is 40.7. The van der Waals surface area contributed by atoms with Gasteiger partial charge in [-0.25, -0.2) is 4.39 Å². The first-order valence-electron chi connectivity index (χ1n) is 9.96. The maximum atomic E-state index is 14.6. The molecule has 1 aliphatic rings. The van der Waals surface area contributed by atoms with E-state index in [-0.39, 0.29) is 34.9 Å². The minimum absolute atomic E-state index is 0.0188. The van der Waals surface area contributed by atoms with E-state index in [4.69, 9.17) is 25.8 Å². The predicted molar refractivity (Wildman–Crippen MR) is 110 cm³/mol. The summed E-state index contributed by atoms with van der Waals surface area (Å²) in [5.41, 5.74) is 0.577. The lowest BCUT2D eigenvalue weighted by Gasteiger charge is -2.47. The highest BCUT2D eigenvalue weighted by atomic mass is 35.5. The Bertz CT molecular complexity index is 958. The van der Waals surface area contributed by atoms with E-state index in [2.05, 4.69) is 0 Å². The quantitative estimate of drug-likeness (QED) is 0.485. The molecular weight excluding hydrogens is 450 g/mol. The fraction of sp³-hybridized carbons (Fsp3) is 0.455. The average Bonchev–Trinajstić information content (AvgIpc) is 2.79. The fourth-order valence-corrected chi connectivity index (χ4v) is 3.96. The van der Waals surface area contributed by atoms with Crippen molar-refractivity contribution in [3.05, 3.63) is 63.7 Å². The Morgan fingerprint density at radius 1 is 1.06 bits per heavy atom. The fourth-order valence-electron chi connectivity index (χ4n) is 3.77. The normalized spacial score (nSPS) is 28.0. The zero-order valence-electron chi connectivity index (χ0n) is 17.5. The van der Waals surface area contributed by atoms with Gasteiger partial charge in [-0.3, -0.25) is 0 Å². The molecule has 1 heterocycles. The third kappa shape index (κ3) is 4.34. The standard InChI is InChI=1S/C22H25ClF2O7/c1-3-31-15-7-4-11(17(24)18(15)25)8-12-9-13(5-6-14(12)23)22(30-2)21(29)20(28)19(27)16(10-26)32-22/h4-7,9,16,19-21,26-29H,3,8,10H2,1-2H3. The number of halogens is 3. The van der Waals surface area contributed by atoms with Crippen LogP contribution in [-0.2, 0) is 21.7 Å². The Morgan fingerprint density at radius 3 is 2.41 bits per heavy atom. The van der Waals surface area contributed by atoms with Gasteiger partial charge >= 0.3 is 0 Å². The van der Waals surface area contributed by atoms with Crippen LogP contribution in [0.15, 0.2) is 30.3 Å². The van der Waals surface area contributed by atoms with Crippen LogP contribution in [-0.4, -0.2) is 65.2 Å². The Kier molecular flexibility index (Phi) is 7.72. The summed E-state index contributed by atoms with van der Waals surface area (Å²) in [7, 11) is 1.22. The lowest BCUT2D eigenvalue weighted by molar-refractivity contribution is -0.366. The van der Waals surface area contributed by atoms with E-state index in [1.807, 2.05) is 0 Å². The number of hydrogen-bond donors (Lipinski definition) is 4. The topological polar surface area (TPSA) is 109 Å². The number of methoxy groups -OCH3 is 1. The molecule has 176 valence electrons. The molecule has 7 nitrogen and oxygen atoms in total. The van der Waals surface area contributed by atoms with Crippen molar-refractivity contribution in [3.8, 4) is 5.75 Å². The Morgan fingerprint density at radius 2 is 1.78 bits per heavy atom. The van der Waals surface area contributed by atoms with Crippen molar-refractivity contribution in [2.45, 2.75) is 43.5 Å². The summed E-state index contributed by atoms with van der Waals surface area (Å²) in [6.45, 7) is 1.19. The van der Waals surface area contributed by atoms with Crippen LogP contribution in [0.25, 0.3) is 0 Å². The summed E-state index contributed by atoms with van der Waals surface area (Å²) >= 11 is 6.28. The number of hydrogen-bond acceptors (Lipinski definition) is 7. The van der Waals surface area contributed by atoms with E-state index in [0.717, 1.165) is 0 Å². The van der Waals surface area contributed by atoms with Gasteiger partial charge in [0.05, 0.1) is 13.2 Å². The highest BCUT2D eigenvalue weighted by Gasteiger charge is 2.55. The van der Waals surface area contributed by atoms with E-state index < -0.39 is 48.4 Å². The molecule has 0 aromatic heterocycles. The van der Waals surface area contributed by atoms with Crippen molar-refractivity contribution in [2.24, 2.45) is 0 Å². The number of rotatable bonds is 7. The van der Waals surface area contributed by atoms with Crippen LogP contribution in [0.3, 0.4) is 0 Å². The second kappa shape index (κ2) is 9.96. The lowest BCUT2D eigenvalue weighted by Crippen LogP contribution is -2.64. The molecule has 2 aromatic rings. The molecule has 1 fully saturated rings. The summed E-state index contributed by atoms with van der Waals surface area (Å²) in [6, 6.07) is 7.08. The van der Waals surface area contributed by atoms with Gasteiger partial charge in [0, 0.05) is 24.1 Å². The van der Waals surface area contributed by atoms with E-state index in [1.165, 1.54) is 37.4 Å². The molecule has 0 spiro atoms. The number of aliphatic hydroxyl groups is 4. The Balaban J connectivity index is 2.01. The van der Waals surface area contributed by atoms with Gasteiger partial charge in [-0.05, 0) is 36.2 Å². The van der Waals surface area contributed by atoms with Crippen LogP contribution in [0.4, 0.5) is 8.78 Å². The summed E-state index contributed by atoms with van der Waals surface area (Å²) < 4.78 is 45.0. The Labute approximate surface area is 188 Å². The van der Waals surface area contributed by atoms with Crippen molar-refractivity contribution < 1.29 is 43.4 Å². The van der Waals surface area contributed by atoms with Crippen LogP contribution >= 0.6 is 11.6 Å². The third-order valence-electron chi connectivity index (χ3n) is 5.51. The van der Waals surface area contributed by atoms with Crippen molar-refractivity contribution in [3.63, 3.8) is 0 Å². The predicted octanol–water partition coefficient (Wildman–Crippen LogP) is 1.88. The van der Waals surface area contributed by atoms with Crippen molar-refractivity contribution in [2.75, 3.05) is 20.3 Å². The molecule has 5 unspecified atom stereocenters. The number of aliphatic hydroxyl groups excluding tert-OH is 4. The van der Waals surface area contributed by atoms with Gasteiger partial charge in [-0.1, -0.05) is 23.7 Å². The largest absolute Gasteiger partial charge is 0.491 e. The van der Waals surface area contributed by atoms with Crippen molar-refractivity contribution in [1.29, 1.82) is 0 Å². The molecule has 3 rings (SSSR count). The maximum Gasteiger partial charge on any atom is 0.224 e. The smallest absolute Gasteiger partial charge is 0.224 e. The van der Waals surface area contributed by atoms with Crippen molar-refractivity contribution in [1.82, 2.24) is 0 Å². The molecule has 4 N–H and O–H groups in total. The van der Waals surface area contributed by atoms with E-state index in [9.17, 15) is 29.2 Å². The molecule has 0 bridgehead atoms. The molecule has 0 radical (unpaired) electrons. The van der Waals surface area contributed by atoms with Gasteiger partial charge in [0.1, 0.15) is 24.4 Å². The molecule has 1 aliphatic heterocycles. The lowest BCUT2D eigenvalue weighted by atomic mass is 9.87. The van der Waals surface area contributed by atoms with Crippen LogP contribution < -0.4 is 4.74 Å². The van der Waals surface area contributed by atoms with Crippen molar-refractivity contribution >= 4 is 11.6 Å². The molecule has 5 atom stereocenters. The van der Waals surface area contributed by atoms with E-state index >= 15 is 0 Å². The summed E-state index contributed by atoms with van der Waals surface area (Å²) in [5.74, 6) is -4.34. The van der Waals surface area contributed by atoms with E-state index in [0.29, 0.717) is 5.56 Å². The van der Waals surface area contributed by atoms with Gasteiger partial charge in [-0.2, -0.15) is 4.39 Å². The number of benzene rings is 2. The Hall–Kier alpha value is -1.85. The zero-order chi connectivity index (χ0) is 23.6. The first kappa shape index (κ1) is 24.8. The molecule has 0 saturated carbocycles. The number of ether oxygens (including phenoxy) is 3. The second-order valence-corrected chi connectivity index (χ2v) is 7.81. The first-order valence-corrected chi connectivity index (χ1v) is 10.3. The molecular formula is C22H25ClF2O7. The zero-order valence-corrected chi connectivity index (χ0v) is 18.2.